The Bertz CT molecular complexity index is 1170. The SMILES string of the molecule is Cc1ccc(C(=O)Nc2cccc3c2c(-c2ccccc2)nn3C(C)(C)C)cc1. The quantitative estimate of drug-likeness (QED) is 0.470. The summed E-state index contributed by atoms with van der Waals surface area (Å²) in [6, 6.07) is 23.7. The minimum atomic E-state index is -0.190. The van der Waals surface area contributed by atoms with Crippen LogP contribution >= 0.6 is 0 Å². The van der Waals surface area contributed by atoms with Gasteiger partial charge in [-0.3, -0.25) is 9.48 Å². The molecule has 0 bridgehead atoms. The number of benzene rings is 3. The van der Waals surface area contributed by atoms with Gasteiger partial charge < -0.3 is 5.32 Å². The summed E-state index contributed by atoms with van der Waals surface area (Å²) in [5.74, 6) is -0.125. The van der Waals surface area contributed by atoms with Crippen LogP contribution in [0.5, 0.6) is 0 Å². The van der Waals surface area contributed by atoms with Crippen molar-refractivity contribution in [3.63, 3.8) is 0 Å². The normalized spacial score (nSPS) is 11.6. The average Bonchev–Trinajstić information content (AvgIpc) is 3.10. The topological polar surface area (TPSA) is 46.9 Å². The van der Waals surface area contributed by atoms with Crippen molar-refractivity contribution in [2.24, 2.45) is 0 Å². The van der Waals surface area contributed by atoms with Crippen molar-refractivity contribution in [3.05, 3.63) is 83.9 Å². The number of amides is 1. The highest BCUT2D eigenvalue weighted by Crippen LogP contribution is 2.36. The molecule has 4 heteroatoms. The van der Waals surface area contributed by atoms with Crippen molar-refractivity contribution in [1.29, 1.82) is 0 Å². The molecular formula is C25H25N3O. The van der Waals surface area contributed by atoms with E-state index in [1.54, 1.807) is 0 Å². The Morgan fingerprint density at radius 2 is 1.59 bits per heavy atom. The number of aromatic nitrogens is 2. The molecule has 4 aromatic rings. The van der Waals surface area contributed by atoms with Crippen LogP contribution in [-0.2, 0) is 5.54 Å². The van der Waals surface area contributed by atoms with Crippen molar-refractivity contribution in [3.8, 4) is 11.3 Å². The highest BCUT2D eigenvalue weighted by molar-refractivity contribution is 6.11. The predicted octanol–water partition coefficient (Wildman–Crippen LogP) is 6.02. The third-order valence-electron chi connectivity index (χ3n) is 4.95. The first-order chi connectivity index (χ1) is 13.8. The monoisotopic (exact) mass is 383 g/mol. The summed E-state index contributed by atoms with van der Waals surface area (Å²) in [6.45, 7) is 8.40. The molecule has 0 spiro atoms. The van der Waals surface area contributed by atoms with E-state index in [1.165, 1.54) is 0 Å². The molecule has 1 N–H and O–H groups in total. The molecule has 0 saturated heterocycles. The van der Waals surface area contributed by atoms with Crippen molar-refractivity contribution in [2.45, 2.75) is 33.2 Å². The number of carbonyl (C=O) groups excluding carboxylic acids is 1. The molecule has 0 aliphatic heterocycles. The number of hydrogen-bond donors (Lipinski definition) is 1. The fourth-order valence-electron chi connectivity index (χ4n) is 3.48. The van der Waals surface area contributed by atoms with Gasteiger partial charge >= 0.3 is 0 Å². The second-order valence-corrected chi connectivity index (χ2v) is 8.32. The molecule has 1 aromatic heterocycles. The van der Waals surface area contributed by atoms with Gasteiger partial charge in [-0.1, -0.05) is 54.1 Å². The maximum atomic E-state index is 12.9. The first kappa shape index (κ1) is 18.9. The lowest BCUT2D eigenvalue weighted by molar-refractivity contribution is 0.102. The second-order valence-electron chi connectivity index (χ2n) is 8.32. The van der Waals surface area contributed by atoms with Crippen LogP contribution in [0.25, 0.3) is 22.2 Å². The van der Waals surface area contributed by atoms with Crippen LogP contribution in [0.1, 0.15) is 36.7 Å². The van der Waals surface area contributed by atoms with Crippen molar-refractivity contribution in [2.75, 3.05) is 5.32 Å². The van der Waals surface area contributed by atoms with Crippen LogP contribution in [-0.4, -0.2) is 15.7 Å². The van der Waals surface area contributed by atoms with E-state index < -0.39 is 0 Å². The molecule has 1 amide bonds. The van der Waals surface area contributed by atoms with Gasteiger partial charge in [0.25, 0.3) is 5.91 Å². The Hall–Kier alpha value is -3.40. The van der Waals surface area contributed by atoms with E-state index in [0.29, 0.717) is 5.56 Å². The number of carbonyl (C=O) groups is 1. The van der Waals surface area contributed by atoms with E-state index in [-0.39, 0.29) is 11.4 Å². The van der Waals surface area contributed by atoms with Gasteiger partial charge in [0.2, 0.25) is 0 Å². The zero-order valence-corrected chi connectivity index (χ0v) is 17.2. The van der Waals surface area contributed by atoms with Gasteiger partial charge in [-0.25, -0.2) is 0 Å². The summed E-state index contributed by atoms with van der Waals surface area (Å²) in [5.41, 5.74) is 5.23. The number of nitrogens with zero attached hydrogens (tertiary/aromatic N) is 2. The molecule has 0 unspecified atom stereocenters. The zero-order valence-electron chi connectivity index (χ0n) is 17.2. The van der Waals surface area contributed by atoms with Crippen molar-refractivity contribution < 1.29 is 4.79 Å². The summed E-state index contributed by atoms with van der Waals surface area (Å²) in [5, 5.41) is 9.00. The molecule has 4 rings (SSSR count). The Labute approximate surface area is 171 Å². The molecule has 146 valence electrons. The van der Waals surface area contributed by atoms with Crippen LogP contribution in [0.4, 0.5) is 5.69 Å². The van der Waals surface area contributed by atoms with Crippen LogP contribution in [0.15, 0.2) is 72.8 Å². The molecule has 1 heterocycles. The van der Waals surface area contributed by atoms with Crippen molar-refractivity contribution >= 4 is 22.5 Å². The Balaban J connectivity index is 1.87. The number of fused-ring (bicyclic) bond motifs is 1. The smallest absolute Gasteiger partial charge is 0.255 e. The van der Waals surface area contributed by atoms with Gasteiger partial charge in [0.15, 0.2) is 0 Å². The Morgan fingerprint density at radius 1 is 0.897 bits per heavy atom. The second kappa shape index (κ2) is 7.21. The van der Waals surface area contributed by atoms with Gasteiger partial charge in [-0.05, 0) is 52.0 Å². The summed E-state index contributed by atoms with van der Waals surface area (Å²) in [6.07, 6.45) is 0. The summed E-state index contributed by atoms with van der Waals surface area (Å²) in [7, 11) is 0. The van der Waals surface area contributed by atoms with Crippen LogP contribution in [0, 0.1) is 6.92 Å². The van der Waals surface area contributed by atoms with Crippen LogP contribution in [0.2, 0.25) is 0 Å². The van der Waals surface area contributed by atoms with E-state index in [1.807, 2.05) is 78.3 Å². The molecule has 0 saturated carbocycles. The van der Waals surface area contributed by atoms with Gasteiger partial charge in [-0.2, -0.15) is 5.10 Å². The Kier molecular flexibility index (Phi) is 4.71. The van der Waals surface area contributed by atoms with Crippen molar-refractivity contribution in [1.82, 2.24) is 9.78 Å². The number of aryl methyl sites for hydroxylation is 1. The number of nitrogens with one attached hydrogen (secondary N) is 1. The third kappa shape index (κ3) is 3.66. The van der Waals surface area contributed by atoms with E-state index in [2.05, 4.69) is 32.2 Å². The van der Waals surface area contributed by atoms with E-state index in [4.69, 9.17) is 5.10 Å². The van der Waals surface area contributed by atoms with Gasteiger partial charge in [0, 0.05) is 11.1 Å². The summed E-state index contributed by atoms with van der Waals surface area (Å²) < 4.78 is 2.03. The highest BCUT2D eigenvalue weighted by Gasteiger charge is 2.23. The van der Waals surface area contributed by atoms with Gasteiger partial charge in [-0.15, -0.1) is 0 Å². The largest absolute Gasteiger partial charge is 0.321 e. The first-order valence-corrected chi connectivity index (χ1v) is 9.80. The molecule has 29 heavy (non-hydrogen) atoms. The fraction of sp³-hybridized carbons (Fsp3) is 0.200. The predicted molar refractivity (Wildman–Crippen MR) is 119 cm³/mol. The molecule has 0 aliphatic rings. The fourth-order valence-corrected chi connectivity index (χ4v) is 3.48. The molecule has 4 nitrogen and oxygen atoms in total. The summed E-state index contributed by atoms with van der Waals surface area (Å²) >= 11 is 0. The lowest BCUT2D eigenvalue weighted by atomic mass is 10.0. The molecule has 0 fully saturated rings. The Morgan fingerprint density at radius 3 is 2.24 bits per heavy atom. The maximum absolute atomic E-state index is 12.9. The number of anilines is 1. The number of hydrogen-bond acceptors (Lipinski definition) is 2. The molecular weight excluding hydrogens is 358 g/mol. The molecule has 0 atom stereocenters. The van der Waals surface area contributed by atoms with Gasteiger partial charge in [0.1, 0.15) is 5.69 Å². The zero-order chi connectivity index (χ0) is 20.6. The first-order valence-electron chi connectivity index (χ1n) is 9.80. The van der Waals surface area contributed by atoms with Crippen LogP contribution in [0.3, 0.4) is 0 Å². The maximum Gasteiger partial charge on any atom is 0.255 e. The average molecular weight is 383 g/mol. The van der Waals surface area contributed by atoms with E-state index in [9.17, 15) is 4.79 Å². The van der Waals surface area contributed by atoms with E-state index >= 15 is 0 Å². The third-order valence-corrected chi connectivity index (χ3v) is 4.95. The molecule has 3 aromatic carbocycles. The molecule has 0 aliphatic carbocycles. The van der Waals surface area contributed by atoms with Gasteiger partial charge in [0.05, 0.1) is 22.1 Å². The van der Waals surface area contributed by atoms with Crippen LogP contribution < -0.4 is 5.32 Å². The number of rotatable bonds is 3. The standard InChI is InChI=1S/C25H25N3O/c1-17-13-15-19(16-14-17)24(29)26-20-11-8-12-21-22(20)23(18-9-6-5-7-10-18)27-28(21)25(2,3)4/h5-16H,1-4H3,(H,26,29). The lowest BCUT2D eigenvalue weighted by Crippen LogP contribution is -2.23. The lowest BCUT2D eigenvalue weighted by Gasteiger charge is -2.20. The van der Waals surface area contributed by atoms with E-state index in [0.717, 1.165) is 33.4 Å². The summed E-state index contributed by atoms with van der Waals surface area (Å²) in [4.78, 5) is 12.9. The minimum Gasteiger partial charge on any atom is -0.321 e. The molecule has 0 radical (unpaired) electrons. The minimum absolute atomic E-state index is 0.125. The highest BCUT2D eigenvalue weighted by atomic mass is 16.1.